The van der Waals surface area contributed by atoms with E-state index in [0.717, 1.165) is 29.5 Å². The molecule has 1 aliphatic heterocycles. The molecule has 0 saturated heterocycles. The highest BCUT2D eigenvalue weighted by Gasteiger charge is 2.38. The van der Waals surface area contributed by atoms with Gasteiger partial charge in [0.2, 0.25) is 5.91 Å². The summed E-state index contributed by atoms with van der Waals surface area (Å²) in [6, 6.07) is -0.265. The first-order valence-corrected chi connectivity index (χ1v) is 9.70. The number of nitrogens with one attached hydrogen (secondary N) is 1. The minimum atomic E-state index is -5.08. The fraction of sp³-hybridized carbons (Fsp3) is 0.529. The predicted octanol–water partition coefficient (Wildman–Crippen LogP) is 1.60. The number of methoxy groups -OCH3 is 1. The number of hydrogen-bond donors (Lipinski definition) is 2. The average molecular weight is 449 g/mol. The van der Waals surface area contributed by atoms with Gasteiger partial charge in [0, 0.05) is 44.0 Å². The second-order valence-corrected chi connectivity index (χ2v) is 7.39. The highest BCUT2D eigenvalue weighted by molar-refractivity contribution is 7.09. The van der Waals surface area contributed by atoms with E-state index in [4.69, 9.17) is 14.6 Å². The van der Waals surface area contributed by atoms with Crippen LogP contribution in [0.1, 0.15) is 22.4 Å². The third-order valence-corrected chi connectivity index (χ3v) is 5.03. The van der Waals surface area contributed by atoms with Crippen molar-refractivity contribution in [1.29, 1.82) is 0 Å². The monoisotopic (exact) mass is 449 g/mol. The van der Waals surface area contributed by atoms with Crippen LogP contribution in [-0.4, -0.2) is 69.4 Å². The van der Waals surface area contributed by atoms with Gasteiger partial charge < -0.3 is 19.7 Å². The molecule has 13 heteroatoms. The Balaban J connectivity index is 0.000000396. The third-order valence-electron chi connectivity index (χ3n) is 4.07. The van der Waals surface area contributed by atoms with Gasteiger partial charge in [-0.15, -0.1) is 11.3 Å². The number of aryl methyl sites for hydroxylation is 1. The van der Waals surface area contributed by atoms with Crippen LogP contribution in [0.4, 0.5) is 13.2 Å². The number of carboxylic acids is 1. The van der Waals surface area contributed by atoms with E-state index in [1.807, 2.05) is 17.7 Å². The van der Waals surface area contributed by atoms with Gasteiger partial charge in [-0.1, -0.05) is 0 Å². The molecule has 3 rings (SSSR count). The zero-order chi connectivity index (χ0) is 22.3. The van der Waals surface area contributed by atoms with Crippen LogP contribution >= 0.6 is 11.3 Å². The zero-order valence-electron chi connectivity index (χ0n) is 16.3. The summed E-state index contributed by atoms with van der Waals surface area (Å²) < 4.78 is 38.7. The summed E-state index contributed by atoms with van der Waals surface area (Å²) in [7, 11) is 1.62. The number of carbonyl (C=O) groups is 2. The molecule has 3 heterocycles. The molecule has 1 amide bonds. The maximum absolute atomic E-state index is 12.5. The quantitative estimate of drug-likeness (QED) is 0.645. The van der Waals surface area contributed by atoms with Gasteiger partial charge in [0.1, 0.15) is 11.0 Å². The van der Waals surface area contributed by atoms with Gasteiger partial charge in [-0.2, -0.15) is 13.2 Å². The number of thiazole rings is 1. The lowest BCUT2D eigenvalue weighted by Gasteiger charge is -2.33. The van der Waals surface area contributed by atoms with Gasteiger partial charge in [-0.25, -0.2) is 14.8 Å². The van der Waals surface area contributed by atoms with Crippen LogP contribution in [-0.2, 0) is 27.4 Å². The molecule has 9 nitrogen and oxygen atoms in total. The standard InChI is InChI=1S/C15H21N5O2S.C2HF3O2/c1-11-9-23-14(18-11)8-19-6-12-5-16-10-20(12)13(7-19)15(21)17-3-4-22-2;3-2(4,5)1(6)7/h5,9-10,13H,3-4,6-8H2,1-2H3,(H,17,21);(H,6,7). The number of carbonyl (C=O) groups excluding carboxylic acids is 1. The van der Waals surface area contributed by atoms with Crippen LogP contribution in [0.15, 0.2) is 17.9 Å². The molecule has 1 atom stereocenters. The number of imidazole rings is 1. The fourth-order valence-corrected chi connectivity index (χ4v) is 3.56. The molecule has 0 radical (unpaired) electrons. The number of ether oxygens (including phenoxy) is 1. The first-order chi connectivity index (χ1) is 14.1. The topological polar surface area (TPSA) is 110 Å². The predicted molar refractivity (Wildman–Crippen MR) is 101 cm³/mol. The third kappa shape index (κ3) is 6.78. The minimum Gasteiger partial charge on any atom is -0.475 e. The lowest BCUT2D eigenvalue weighted by atomic mass is 10.1. The molecule has 2 aromatic rings. The van der Waals surface area contributed by atoms with E-state index in [0.29, 0.717) is 19.7 Å². The summed E-state index contributed by atoms with van der Waals surface area (Å²) in [6.45, 7) is 5.21. The summed E-state index contributed by atoms with van der Waals surface area (Å²) in [5.41, 5.74) is 2.09. The Morgan fingerprint density at radius 2 is 2.13 bits per heavy atom. The van der Waals surface area contributed by atoms with Crippen LogP contribution in [0.25, 0.3) is 0 Å². The van der Waals surface area contributed by atoms with E-state index in [1.165, 1.54) is 0 Å². The highest BCUT2D eigenvalue weighted by atomic mass is 32.1. The van der Waals surface area contributed by atoms with E-state index in [1.54, 1.807) is 24.8 Å². The van der Waals surface area contributed by atoms with E-state index >= 15 is 0 Å². The first-order valence-electron chi connectivity index (χ1n) is 8.82. The van der Waals surface area contributed by atoms with Crippen molar-refractivity contribution < 1.29 is 32.6 Å². The molecule has 166 valence electrons. The number of fused-ring (bicyclic) bond motifs is 1. The Hall–Kier alpha value is -2.51. The number of rotatable bonds is 6. The molecular formula is C17H22F3N5O4S. The lowest BCUT2D eigenvalue weighted by Crippen LogP contribution is -2.44. The van der Waals surface area contributed by atoms with Gasteiger partial charge >= 0.3 is 12.1 Å². The van der Waals surface area contributed by atoms with E-state index in [2.05, 4.69) is 25.6 Å². The SMILES string of the molecule is COCCNC(=O)C1CN(Cc2nc(C)cs2)Cc2cncn21.O=C(O)C(F)(F)F. The van der Waals surface area contributed by atoms with E-state index in [9.17, 15) is 18.0 Å². The number of aromatic nitrogens is 3. The lowest BCUT2D eigenvalue weighted by molar-refractivity contribution is -0.192. The number of hydrogen-bond acceptors (Lipinski definition) is 7. The summed E-state index contributed by atoms with van der Waals surface area (Å²) >= 11 is 1.66. The largest absolute Gasteiger partial charge is 0.490 e. The Kier molecular flexibility index (Phi) is 8.32. The molecule has 2 aromatic heterocycles. The summed E-state index contributed by atoms with van der Waals surface area (Å²) in [5, 5.41) is 13.2. The number of aliphatic carboxylic acids is 1. The second-order valence-electron chi connectivity index (χ2n) is 6.45. The van der Waals surface area contributed by atoms with Crippen LogP contribution in [0.5, 0.6) is 0 Å². The second kappa shape index (κ2) is 10.5. The number of alkyl halides is 3. The molecule has 0 saturated carbocycles. The van der Waals surface area contributed by atoms with E-state index < -0.39 is 12.1 Å². The Morgan fingerprint density at radius 1 is 1.43 bits per heavy atom. The van der Waals surface area contributed by atoms with Crippen LogP contribution in [0.2, 0.25) is 0 Å². The summed E-state index contributed by atoms with van der Waals surface area (Å²) in [5.74, 6) is -2.76. The fourth-order valence-electron chi connectivity index (χ4n) is 2.75. The van der Waals surface area contributed by atoms with Crippen molar-refractivity contribution in [3.8, 4) is 0 Å². The van der Waals surface area contributed by atoms with Gasteiger partial charge in [0.25, 0.3) is 0 Å². The Bertz CT molecular complexity index is 855. The van der Waals surface area contributed by atoms with Crippen molar-refractivity contribution >= 4 is 23.2 Å². The number of nitrogens with zero attached hydrogens (tertiary/aromatic N) is 4. The first kappa shape index (κ1) is 23.8. The molecule has 0 fully saturated rings. The molecule has 0 bridgehead atoms. The summed E-state index contributed by atoms with van der Waals surface area (Å²) in [6.07, 6.45) is -1.52. The molecule has 0 aromatic carbocycles. The van der Waals surface area contributed by atoms with Crippen molar-refractivity contribution in [2.24, 2.45) is 0 Å². The molecule has 0 spiro atoms. The van der Waals surface area contributed by atoms with Crippen molar-refractivity contribution in [2.45, 2.75) is 32.2 Å². The molecule has 30 heavy (non-hydrogen) atoms. The molecule has 0 aliphatic carbocycles. The summed E-state index contributed by atoms with van der Waals surface area (Å²) in [4.78, 5) is 32.3. The van der Waals surface area contributed by atoms with Gasteiger partial charge in [-0.3, -0.25) is 9.69 Å². The molecule has 2 N–H and O–H groups in total. The minimum absolute atomic E-state index is 0.00122. The normalized spacial score (nSPS) is 16.4. The van der Waals surface area contributed by atoms with Crippen LogP contribution in [0.3, 0.4) is 0 Å². The van der Waals surface area contributed by atoms with Crippen molar-refractivity contribution in [1.82, 2.24) is 24.8 Å². The number of carboxylic acid groups (broad SMARTS) is 1. The van der Waals surface area contributed by atoms with Crippen molar-refractivity contribution in [3.63, 3.8) is 0 Å². The highest BCUT2D eigenvalue weighted by Crippen LogP contribution is 2.23. The van der Waals surface area contributed by atoms with Crippen LogP contribution in [0, 0.1) is 6.92 Å². The zero-order valence-corrected chi connectivity index (χ0v) is 17.2. The van der Waals surface area contributed by atoms with Gasteiger partial charge in [-0.05, 0) is 6.92 Å². The maximum atomic E-state index is 12.5. The molecule has 1 unspecified atom stereocenters. The molecular weight excluding hydrogens is 427 g/mol. The van der Waals surface area contributed by atoms with Crippen LogP contribution < -0.4 is 5.32 Å². The Labute approximate surface area is 174 Å². The molecule has 1 aliphatic rings. The van der Waals surface area contributed by atoms with Gasteiger partial charge in [0.15, 0.2) is 0 Å². The Morgan fingerprint density at radius 3 is 2.70 bits per heavy atom. The average Bonchev–Trinajstić information content (AvgIpc) is 3.29. The van der Waals surface area contributed by atoms with E-state index in [-0.39, 0.29) is 11.9 Å². The van der Waals surface area contributed by atoms with Crippen molar-refractivity contribution in [2.75, 3.05) is 26.8 Å². The van der Waals surface area contributed by atoms with Gasteiger partial charge in [0.05, 0.1) is 25.2 Å². The smallest absolute Gasteiger partial charge is 0.475 e. The van der Waals surface area contributed by atoms with Crippen molar-refractivity contribution in [3.05, 3.63) is 34.3 Å². The number of halogens is 3. The maximum Gasteiger partial charge on any atom is 0.490 e. The number of amides is 1.